The molecule has 0 aliphatic carbocycles. The highest BCUT2D eigenvalue weighted by molar-refractivity contribution is 6.33. The molecule has 5 heteroatoms. The molecule has 0 radical (unpaired) electrons. The van der Waals surface area contributed by atoms with E-state index in [0.29, 0.717) is 10.6 Å². The van der Waals surface area contributed by atoms with Crippen LogP contribution in [0.3, 0.4) is 0 Å². The van der Waals surface area contributed by atoms with Gasteiger partial charge in [0.05, 0.1) is 11.8 Å². The van der Waals surface area contributed by atoms with Crippen LogP contribution in [0, 0.1) is 13.8 Å². The van der Waals surface area contributed by atoms with E-state index in [4.69, 9.17) is 11.6 Å². The summed E-state index contributed by atoms with van der Waals surface area (Å²) in [5, 5.41) is 4.60. The Morgan fingerprint density at radius 3 is 2.48 bits per heavy atom. The van der Waals surface area contributed by atoms with Gasteiger partial charge >= 0.3 is 0 Å². The van der Waals surface area contributed by atoms with Crippen LogP contribution in [0.2, 0.25) is 5.02 Å². The van der Waals surface area contributed by atoms with Crippen molar-refractivity contribution in [2.45, 2.75) is 13.8 Å². The molecule has 1 N–H and O–H groups in total. The first-order valence-corrected chi connectivity index (χ1v) is 8.28. The summed E-state index contributed by atoms with van der Waals surface area (Å²) in [7, 11) is 0. The molecule has 1 aromatic heterocycles. The first kappa shape index (κ1) is 17.0. The van der Waals surface area contributed by atoms with Crippen LogP contribution < -0.4 is 5.43 Å². The molecule has 0 spiro atoms. The van der Waals surface area contributed by atoms with E-state index in [1.165, 1.54) is 6.21 Å². The number of benzene rings is 2. The smallest absolute Gasteiger partial charge is 0.273 e. The minimum absolute atomic E-state index is 0.251. The number of nitrogens with zero attached hydrogens (tertiary/aromatic N) is 2. The number of carbonyl (C=O) groups excluding carboxylic acids is 1. The summed E-state index contributed by atoms with van der Waals surface area (Å²) < 4.78 is 2.05. The number of aromatic nitrogens is 1. The predicted octanol–water partition coefficient (Wildman–Crippen LogP) is 4.51. The monoisotopic (exact) mass is 351 g/mol. The Hall–Kier alpha value is -2.85. The van der Waals surface area contributed by atoms with Gasteiger partial charge in [0.25, 0.3) is 5.91 Å². The van der Waals surface area contributed by atoms with Crippen LogP contribution in [-0.2, 0) is 0 Å². The minimum Gasteiger partial charge on any atom is -0.318 e. The van der Waals surface area contributed by atoms with E-state index in [-0.39, 0.29) is 5.91 Å². The van der Waals surface area contributed by atoms with Gasteiger partial charge in [-0.25, -0.2) is 5.43 Å². The number of rotatable bonds is 4. The van der Waals surface area contributed by atoms with Crippen molar-refractivity contribution >= 4 is 23.7 Å². The highest BCUT2D eigenvalue weighted by atomic mass is 35.5. The standard InChI is InChI=1S/C20H18ClN3O/c1-14-12-18(15(2)24(14)17-9-4-3-5-10-17)20(25)23-22-13-16-8-6-7-11-19(16)21/h3-13H,1-2H3,(H,23,25). The zero-order chi connectivity index (χ0) is 17.8. The summed E-state index contributed by atoms with van der Waals surface area (Å²) in [6.45, 7) is 3.90. The fraction of sp³-hybridized carbons (Fsp3) is 0.100. The van der Waals surface area contributed by atoms with E-state index in [1.54, 1.807) is 6.07 Å². The molecule has 25 heavy (non-hydrogen) atoms. The van der Waals surface area contributed by atoms with Gasteiger partial charge in [-0.1, -0.05) is 48.0 Å². The van der Waals surface area contributed by atoms with E-state index in [2.05, 4.69) is 10.5 Å². The minimum atomic E-state index is -0.251. The van der Waals surface area contributed by atoms with E-state index < -0.39 is 0 Å². The molecular weight excluding hydrogens is 334 g/mol. The van der Waals surface area contributed by atoms with Crippen molar-refractivity contribution in [3.05, 3.63) is 88.2 Å². The fourth-order valence-electron chi connectivity index (χ4n) is 2.77. The van der Waals surface area contributed by atoms with Crippen molar-refractivity contribution in [2.24, 2.45) is 5.10 Å². The van der Waals surface area contributed by atoms with E-state index in [1.807, 2.05) is 73.0 Å². The Kier molecular flexibility index (Phi) is 5.00. The zero-order valence-electron chi connectivity index (χ0n) is 14.0. The maximum atomic E-state index is 12.5. The first-order valence-electron chi connectivity index (χ1n) is 7.90. The Balaban J connectivity index is 1.81. The number of carbonyl (C=O) groups is 1. The topological polar surface area (TPSA) is 46.4 Å². The van der Waals surface area contributed by atoms with Gasteiger partial charge in [0.15, 0.2) is 0 Å². The largest absolute Gasteiger partial charge is 0.318 e. The molecule has 3 aromatic rings. The molecule has 0 aliphatic rings. The molecule has 3 rings (SSSR count). The molecule has 0 aliphatic heterocycles. The normalized spacial score (nSPS) is 11.0. The molecule has 0 saturated heterocycles. The molecular formula is C20H18ClN3O. The van der Waals surface area contributed by atoms with Crippen LogP contribution >= 0.6 is 11.6 Å². The Labute approximate surface area is 151 Å². The predicted molar refractivity (Wildman–Crippen MR) is 102 cm³/mol. The maximum absolute atomic E-state index is 12.5. The SMILES string of the molecule is Cc1cc(C(=O)NN=Cc2ccccc2Cl)c(C)n1-c1ccccc1. The highest BCUT2D eigenvalue weighted by Crippen LogP contribution is 2.20. The summed E-state index contributed by atoms with van der Waals surface area (Å²) in [4.78, 5) is 12.5. The van der Waals surface area contributed by atoms with Crippen LogP contribution in [0.1, 0.15) is 27.3 Å². The van der Waals surface area contributed by atoms with Crippen LogP contribution in [0.15, 0.2) is 65.8 Å². The molecule has 1 amide bonds. The number of para-hydroxylation sites is 1. The number of hydrogen-bond acceptors (Lipinski definition) is 2. The van der Waals surface area contributed by atoms with Crippen molar-refractivity contribution in [3.63, 3.8) is 0 Å². The lowest BCUT2D eigenvalue weighted by Gasteiger charge is -2.09. The Bertz CT molecular complexity index is 929. The second kappa shape index (κ2) is 7.36. The molecule has 0 fully saturated rings. The number of aryl methyl sites for hydroxylation is 1. The average molecular weight is 352 g/mol. The molecule has 0 unspecified atom stereocenters. The third-order valence-electron chi connectivity index (χ3n) is 3.97. The van der Waals surface area contributed by atoms with Gasteiger partial charge in [-0.3, -0.25) is 4.79 Å². The van der Waals surface area contributed by atoms with Crippen LogP contribution in [0.5, 0.6) is 0 Å². The summed E-state index contributed by atoms with van der Waals surface area (Å²) in [5.41, 5.74) is 6.79. The number of nitrogens with one attached hydrogen (secondary N) is 1. The van der Waals surface area contributed by atoms with Gasteiger partial charge in [-0.15, -0.1) is 0 Å². The lowest BCUT2D eigenvalue weighted by molar-refractivity contribution is 0.0954. The molecule has 0 atom stereocenters. The zero-order valence-corrected chi connectivity index (χ0v) is 14.8. The van der Waals surface area contributed by atoms with E-state index in [9.17, 15) is 4.79 Å². The van der Waals surface area contributed by atoms with E-state index in [0.717, 1.165) is 22.6 Å². The van der Waals surface area contributed by atoms with Crippen LogP contribution in [0.25, 0.3) is 5.69 Å². The summed E-state index contributed by atoms with van der Waals surface area (Å²) in [6.07, 6.45) is 1.54. The molecule has 2 aromatic carbocycles. The third kappa shape index (κ3) is 3.64. The molecule has 1 heterocycles. The second-order valence-electron chi connectivity index (χ2n) is 5.68. The average Bonchev–Trinajstić information content (AvgIpc) is 2.92. The van der Waals surface area contributed by atoms with Gasteiger partial charge in [0, 0.05) is 27.7 Å². The molecule has 4 nitrogen and oxygen atoms in total. The van der Waals surface area contributed by atoms with Crippen molar-refractivity contribution < 1.29 is 4.79 Å². The Morgan fingerprint density at radius 2 is 1.76 bits per heavy atom. The number of halogens is 1. The summed E-state index contributed by atoms with van der Waals surface area (Å²) >= 11 is 6.07. The van der Waals surface area contributed by atoms with Gasteiger partial charge in [-0.05, 0) is 38.1 Å². The van der Waals surface area contributed by atoms with E-state index >= 15 is 0 Å². The van der Waals surface area contributed by atoms with Gasteiger partial charge in [-0.2, -0.15) is 5.10 Å². The highest BCUT2D eigenvalue weighted by Gasteiger charge is 2.16. The maximum Gasteiger partial charge on any atom is 0.273 e. The summed E-state index contributed by atoms with van der Waals surface area (Å²) in [6, 6.07) is 19.1. The summed E-state index contributed by atoms with van der Waals surface area (Å²) in [5.74, 6) is -0.251. The Morgan fingerprint density at radius 1 is 1.08 bits per heavy atom. The van der Waals surface area contributed by atoms with Crippen molar-refractivity contribution in [2.75, 3.05) is 0 Å². The van der Waals surface area contributed by atoms with Crippen molar-refractivity contribution in [1.82, 2.24) is 9.99 Å². The lowest BCUT2D eigenvalue weighted by atomic mass is 10.2. The lowest BCUT2D eigenvalue weighted by Crippen LogP contribution is -2.18. The van der Waals surface area contributed by atoms with Crippen LogP contribution in [0.4, 0.5) is 0 Å². The number of hydrazone groups is 1. The van der Waals surface area contributed by atoms with Crippen molar-refractivity contribution in [1.29, 1.82) is 0 Å². The van der Waals surface area contributed by atoms with Gasteiger partial charge < -0.3 is 4.57 Å². The van der Waals surface area contributed by atoms with Crippen LogP contribution in [-0.4, -0.2) is 16.7 Å². The first-order chi connectivity index (χ1) is 12.1. The number of hydrogen-bond donors (Lipinski definition) is 1. The molecule has 0 bridgehead atoms. The molecule has 0 saturated carbocycles. The molecule has 126 valence electrons. The van der Waals surface area contributed by atoms with Crippen molar-refractivity contribution in [3.8, 4) is 5.69 Å². The second-order valence-corrected chi connectivity index (χ2v) is 6.08. The third-order valence-corrected chi connectivity index (χ3v) is 4.31. The number of amides is 1. The fourth-order valence-corrected chi connectivity index (χ4v) is 2.95. The quantitative estimate of drug-likeness (QED) is 0.545. The van der Waals surface area contributed by atoms with Gasteiger partial charge in [0.1, 0.15) is 0 Å². The van der Waals surface area contributed by atoms with Gasteiger partial charge in [0.2, 0.25) is 0 Å².